The molecule has 0 aromatic heterocycles. The molecular weight excluding hydrogens is 318 g/mol. The van der Waals surface area contributed by atoms with Gasteiger partial charge in [-0.1, -0.05) is 18.2 Å². The number of carbonyl (C=O) groups excluding carboxylic acids is 1. The Balaban J connectivity index is 2.17. The Labute approximate surface area is 127 Å². The van der Waals surface area contributed by atoms with E-state index in [1.54, 1.807) is 7.11 Å². The third-order valence-electron chi connectivity index (χ3n) is 2.87. The molecule has 104 valence electrons. The van der Waals surface area contributed by atoms with Crippen molar-refractivity contribution in [2.75, 3.05) is 12.4 Å². The van der Waals surface area contributed by atoms with Gasteiger partial charge in [0.2, 0.25) is 0 Å². The molecule has 0 fully saturated rings. The molecule has 0 spiro atoms. The quantitative estimate of drug-likeness (QED) is 0.912. The number of benzene rings is 2. The SMILES string of the molecule is COCc1cccc(NC(=O)c2ccc(C)cc2Br)c1. The zero-order valence-corrected chi connectivity index (χ0v) is 13.0. The standard InChI is InChI=1S/C16H16BrNO2/c1-11-6-7-14(15(17)8-11)16(19)18-13-5-3-4-12(9-13)10-20-2/h3-9H,10H2,1-2H3,(H,18,19). The zero-order chi connectivity index (χ0) is 14.5. The van der Waals surface area contributed by atoms with Gasteiger partial charge in [0.15, 0.2) is 0 Å². The second-order valence-corrected chi connectivity index (χ2v) is 5.43. The third kappa shape index (κ3) is 3.68. The molecule has 0 unspecified atom stereocenters. The highest BCUT2D eigenvalue weighted by molar-refractivity contribution is 9.10. The number of anilines is 1. The Morgan fingerprint density at radius 2 is 2.05 bits per heavy atom. The number of ether oxygens (including phenoxy) is 1. The van der Waals surface area contributed by atoms with Crippen LogP contribution < -0.4 is 5.32 Å². The maximum atomic E-state index is 12.2. The van der Waals surface area contributed by atoms with E-state index in [-0.39, 0.29) is 5.91 Å². The Morgan fingerprint density at radius 1 is 1.25 bits per heavy atom. The molecule has 0 heterocycles. The first-order valence-electron chi connectivity index (χ1n) is 6.25. The van der Waals surface area contributed by atoms with Crippen LogP contribution in [-0.2, 0) is 11.3 Å². The summed E-state index contributed by atoms with van der Waals surface area (Å²) in [4.78, 5) is 12.2. The zero-order valence-electron chi connectivity index (χ0n) is 11.4. The number of methoxy groups -OCH3 is 1. The lowest BCUT2D eigenvalue weighted by atomic mass is 10.1. The fraction of sp³-hybridized carbons (Fsp3) is 0.188. The van der Waals surface area contributed by atoms with E-state index in [1.165, 1.54) is 0 Å². The Kier molecular flexibility index (Phi) is 4.93. The Morgan fingerprint density at radius 3 is 2.75 bits per heavy atom. The molecule has 0 aliphatic heterocycles. The first-order valence-corrected chi connectivity index (χ1v) is 7.05. The van der Waals surface area contributed by atoms with E-state index in [4.69, 9.17) is 4.74 Å². The average molecular weight is 334 g/mol. The van der Waals surface area contributed by atoms with Gasteiger partial charge in [0, 0.05) is 17.3 Å². The summed E-state index contributed by atoms with van der Waals surface area (Å²) in [5.74, 6) is -0.133. The van der Waals surface area contributed by atoms with Crippen LogP contribution in [0.2, 0.25) is 0 Å². The molecular formula is C16H16BrNO2. The van der Waals surface area contributed by atoms with Crippen LogP contribution in [0.4, 0.5) is 5.69 Å². The van der Waals surface area contributed by atoms with Gasteiger partial charge in [0.1, 0.15) is 0 Å². The summed E-state index contributed by atoms with van der Waals surface area (Å²) in [6.45, 7) is 2.51. The number of halogens is 1. The number of aryl methyl sites for hydroxylation is 1. The molecule has 1 N–H and O–H groups in total. The van der Waals surface area contributed by atoms with Crippen LogP contribution in [0.15, 0.2) is 46.9 Å². The maximum Gasteiger partial charge on any atom is 0.256 e. The van der Waals surface area contributed by atoms with Crippen LogP contribution in [-0.4, -0.2) is 13.0 Å². The van der Waals surface area contributed by atoms with Crippen LogP contribution >= 0.6 is 15.9 Å². The minimum atomic E-state index is -0.133. The predicted octanol–water partition coefficient (Wildman–Crippen LogP) is 4.16. The molecule has 0 atom stereocenters. The molecule has 0 aliphatic carbocycles. The van der Waals surface area contributed by atoms with Crippen molar-refractivity contribution in [1.29, 1.82) is 0 Å². The number of nitrogens with one attached hydrogen (secondary N) is 1. The van der Waals surface area contributed by atoms with Gasteiger partial charge in [0.05, 0.1) is 12.2 Å². The molecule has 3 nitrogen and oxygen atoms in total. The lowest BCUT2D eigenvalue weighted by Crippen LogP contribution is -2.12. The molecule has 2 aromatic carbocycles. The van der Waals surface area contributed by atoms with Crippen molar-refractivity contribution < 1.29 is 9.53 Å². The van der Waals surface area contributed by atoms with Crippen molar-refractivity contribution in [3.05, 3.63) is 63.6 Å². The van der Waals surface area contributed by atoms with E-state index >= 15 is 0 Å². The van der Waals surface area contributed by atoms with Gasteiger partial charge >= 0.3 is 0 Å². The van der Waals surface area contributed by atoms with Crippen LogP contribution in [0.1, 0.15) is 21.5 Å². The molecule has 0 radical (unpaired) electrons. The third-order valence-corrected chi connectivity index (χ3v) is 3.52. The highest BCUT2D eigenvalue weighted by Gasteiger charge is 2.10. The van der Waals surface area contributed by atoms with Crippen molar-refractivity contribution in [1.82, 2.24) is 0 Å². The number of hydrogen-bond acceptors (Lipinski definition) is 2. The summed E-state index contributed by atoms with van der Waals surface area (Å²) < 4.78 is 5.88. The van der Waals surface area contributed by atoms with Gasteiger partial charge < -0.3 is 10.1 Å². The van der Waals surface area contributed by atoms with Crippen molar-refractivity contribution in [3.63, 3.8) is 0 Å². The van der Waals surface area contributed by atoms with Gasteiger partial charge in [-0.15, -0.1) is 0 Å². The van der Waals surface area contributed by atoms with Crippen molar-refractivity contribution in [3.8, 4) is 0 Å². The van der Waals surface area contributed by atoms with Crippen molar-refractivity contribution in [2.24, 2.45) is 0 Å². The number of carbonyl (C=O) groups is 1. The van der Waals surface area contributed by atoms with Crippen LogP contribution in [0, 0.1) is 6.92 Å². The lowest BCUT2D eigenvalue weighted by Gasteiger charge is -2.09. The molecule has 20 heavy (non-hydrogen) atoms. The van der Waals surface area contributed by atoms with Gasteiger partial charge in [-0.3, -0.25) is 4.79 Å². The molecule has 2 aromatic rings. The minimum absolute atomic E-state index is 0.133. The summed E-state index contributed by atoms with van der Waals surface area (Å²) >= 11 is 3.42. The molecule has 0 aliphatic rings. The first-order chi connectivity index (χ1) is 9.60. The Hall–Kier alpha value is -1.65. The second kappa shape index (κ2) is 6.68. The van der Waals surface area contributed by atoms with E-state index in [0.29, 0.717) is 12.2 Å². The van der Waals surface area contributed by atoms with E-state index in [9.17, 15) is 4.79 Å². The van der Waals surface area contributed by atoms with E-state index in [0.717, 1.165) is 21.3 Å². The topological polar surface area (TPSA) is 38.3 Å². The molecule has 4 heteroatoms. The fourth-order valence-electron chi connectivity index (χ4n) is 1.91. The van der Waals surface area contributed by atoms with Gasteiger partial charge in [-0.05, 0) is 58.2 Å². The fourth-order valence-corrected chi connectivity index (χ4v) is 2.58. The number of amides is 1. The van der Waals surface area contributed by atoms with Gasteiger partial charge in [0.25, 0.3) is 5.91 Å². The first kappa shape index (κ1) is 14.8. The van der Waals surface area contributed by atoms with Crippen LogP contribution in [0.5, 0.6) is 0 Å². The summed E-state index contributed by atoms with van der Waals surface area (Å²) in [6.07, 6.45) is 0. The van der Waals surface area contributed by atoms with Crippen molar-refractivity contribution in [2.45, 2.75) is 13.5 Å². The molecule has 2 rings (SSSR count). The van der Waals surface area contributed by atoms with Gasteiger partial charge in [-0.25, -0.2) is 0 Å². The summed E-state index contributed by atoms with van der Waals surface area (Å²) in [5, 5.41) is 2.89. The second-order valence-electron chi connectivity index (χ2n) is 4.57. The van der Waals surface area contributed by atoms with E-state index < -0.39 is 0 Å². The largest absolute Gasteiger partial charge is 0.380 e. The van der Waals surface area contributed by atoms with E-state index in [2.05, 4.69) is 21.2 Å². The molecule has 0 saturated carbocycles. The summed E-state index contributed by atoms with van der Waals surface area (Å²) in [6, 6.07) is 13.3. The number of hydrogen-bond donors (Lipinski definition) is 1. The minimum Gasteiger partial charge on any atom is -0.380 e. The molecule has 1 amide bonds. The molecule has 0 saturated heterocycles. The highest BCUT2D eigenvalue weighted by Crippen LogP contribution is 2.20. The highest BCUT2D eigenvalue weighted by atomic mass is 79.9. The summed E-state index contributed by atoms with van der Waals surface area (Å²) in [7, 11) is 1.65. The Bertz CT molecular complexity index is 626. The normalized spacial score (nSPS) is 10.3. The summed E-state index contributed by atoms with van der Waals surface area (Å²) in [5.41, 5.74) is 3.51. The van der Waals surface area contributed by atoms with Crippen molar-refractivity contribution >= 4 is 27.5 Å². The van der Waals surface area contributed by atoms with Crippen LogP contribution in [0.3, 0.4) is 0 Å². The smallest absolute Gasteiger partial charge is 0.256 e. The monoisotopic (exact) mass is 333 g/mol. The number of rotatable bonds is 4. The van der Waals surface area contributed by atoms with Crippen LogP contribution in [0.25, 0.3) is 0 Å². The average Bonchev–Trinajstić information content (AvgIpc) is 2.39. The maximum absolute atomic E-state index is 12.2. The van der Waals surface area contributed by atoms with Gasteiger partial charge in [-0.2, -0.15) is 0 Å². The molecule has 0 bridgehead atoms. The van der Waals surface area contributed by atoms with E-state index in [1.807, 2.05) is 49.4 Å². The lowest BCUT2D eigenvalue weighted by molar-refractivity contribution is 0.102. The predicted molar refractivity (Wildman–Crippen MR) is 84.0 cm³/mol.